The van der Waals surface area contributed by atoms with Gasteiger partial charge in [-0.25, -0.2) is 8.78 Å². The van der Waals surface area contributed by atoms with Crippen LogP contribution in [0.4, 0.5) is 8.78 Å². The van der Waals surface area contributed by atoms with Gasteiger partial charge in [0, 0.05) is 0 Å². The molecule has 1 heterocycles. The normalized spacial score (nSPS) is 13.6. The van der Waals surface area contributed by atoms with Gasteiger partial charge in [0.05, 0.1) is 4.47 Å². The molecule has 2 rings (SSSR count). The van der Waals surface area contributed by atoms with Crippen LogP contribution in [0.5, 0.6) is 11.5 Å². The molecule has 0 bridgehead atoms. The Labute approximate surface area is 75.2 Å². The molecule has 1 aromatic rings. The Hall–Kier alpha value is -0.840. The standard InChI is InChI=1S/C7H3BrF2O2/c8-3-1-4(9)6-7(5(3)10)12-2-11-6/h1H,2H2. The monoisotopic (exact) mass is 236 g/mol. The molecule has 0 atom stereocenters. The summed E-state index contributed by atoms with van der Waals surface area (Å²) in [6, 6.07) is 1.00. The minimum atomic E-state index is -0.635. The van der Waals surface area contributed by atoms with Gasteiger partial charge in [0.15, 0.2) is 11.6 Å². The molecule has 0 fully saturated rings. The molecule has 0 saturated carbocycles. The summed E-state index contributed by atoms with van der Waals surface area (Å²) in [5, 5.41) is 0. The number of hydrogen-bond acceptors (Lipinski definition) is 2. The summed E-state index contributed by atoms with van der Waals surface area (Å²) in [6.07, 6.45) is 0. The highest BCUT2D eigenvalue weighted by atomic mass is 79.9. The lowest BCUT2D eigenvalue weighted by Gasteiger charge is -2.00. The lowest BCUT2D eigenvalue weighted by molar-refractivity contribution is 0.168. The quantitative estimate of drug-likeness (QED) is 0.645. The van der Waals surface area contributed by atoms with E-state index in [0.29, 0.717) is 0 Å². The van der Waals surface area contributed by atoms with E-state index in [1.54, 1.807) is 0 Å². The van der Waals surface area contributed by atoms with Gasteiger partial charge >= 0.3 is 0 Å². The van der Waals surface area contributed by atoms with Gasteiger partial charge in [0.2, 0.25) is 18.3 Å². The number of halogens is 3. The van der Waals surface area contributed by atoms with Crippen molar-refractivity contribution in [1.29, 1.82) is 0 Å². The van der Waals surface area contributed by atoms with Crippen molar-refractivity contribution in [2.75, 3.05) is 6.79 Å². The molecule has 0 amide bonds. The zero-order valence-electron chi connectivity index (χ0n) is 5.73. The number of hydrogen-bond donors (Lipinski definition) is 0. The summed E-state index contributed by atoms with van der Waals surface area (Å²) in [7, 11) is 0. The van der Waals surface area contributed by atoms with E-state index in [4.69, 9.17) is 9.47 Å². The highest BCUT2D eigenvalue weighted by molar-refractivity contribution is 9.10. The highest BCUT2D eigenvalue weighted by Crippen LogP contribution is 2.40. The van der Waals surface area contributed by atoms with E-state index < -0.39 is 11.6 Å². The second-order valence-electron chi connectivity index (χ2n) is 2.22. The van der Waals surface area contributed by atoms with Crippen molar-refractivity contribution in [3.8, 4) is 11.5 Å². The Kier molecular flexibility index (Phi) is 1.68. The molecule has 0 aliphatic carbocycles. The first-order valence-electron chi connectivity index (χ1n) is 3.13. The molecular formula is C7H3BrF2O2. The van der Waals surface area contributed by atoms with Gasteiger partial charge in [-0.1, -0.05) is 0 Å². The second kappa shape index (κ2) is 2.58. The van der Waals surface area contributed by atoms with Crippen molar-refractivity contribution >= 4 is 15.9 Å². The Bertz CT molecular complexity index is 341. The van der Waals surface area contributed by atoms with Gasteiger partial charge in [-0.05, 0) is 22.0 Å². The van der Waals surface area contributed by atoms with Crippen LogP contribution in [0.25, 0.3) is 0 Å². The summed E-state index contributed by atoms with van der Waals surface area (Å²) < 4.78 is 35.5. The smallest absolute Gasteiger partial charge is 0.231 e. The van der Waals surface area contributed by atoms with E-state index in [0.717, 1.165) is 6.07 Å². The molecule has 0 saturated heterocycles. The zero-order valence-corrected chi connectivity index (χ0v) is 7.32. The molecule has 0 unspecified atom stereocenters. The van der Waals surface area contributed by atoms with Crippen LogP contribution < -0.4 is 9.47 Å². The molecule has 12 heavy (non-hydrogen) atoms. The first kappa shape index (κ1) is 7.79. The Morgan fingerprint density at radius 2 is 1.92 bits per heavy atom. The van der Waals surface area contributed by atoms with E-state index in [-0.39, 0.29) is 22.8 Å². The second-order valence-corrected chi connectivity index (χ2v) is 3.07. The maximum atomic E-state index is 13.1. The number of fused-ring (bicyclic) bond motifs is 1. The molecular weight excluding hydrogens is 234 g/mol. The summed E-state index contributed by atoms with van der Waals surface area (Å²) in [5.41, 5.74) is 0. The predicted octanol–water partition coefficient (Wildman–Crippen LogP) is 2.46. The minimum Gasteiger partial charge on any atom is -0.450 e. The van der Waals surface area contributed by atoms with E-state index in [1.807, 2.05) is 0 Å². The molecule has 0 N–H and O–H groups in total. The van der Waals surface area contributed by atoms with Gasteiger partial charge in [-0.3, -0.25) is 0 Å². The number of rotatable bonds is 0. The summed E-state index contributed by atoms with van der Waals surface area (Å²) >= 11 is 2.85. The lowest BCUT2D eigenvalue weighted by Crippen LogP contribution is -1.93. The van der Waals surface area contributed by atoms with E-state index in [9.17, 15) is 8.78 Å². The third kappa shape index (κ3) is 0.964. The molecule has 1 aliphatic heterocycles. The SMILES string of the molecule is Fc1cc(Br)c(F)c2c1OCO2. The maximum Gasteiger partial charge on any atom is 0.231 e. The third-order valence-electron chi connectivity index (χ3n) is 1.49. The Morgan fingerprint density at radius 1 is 1.25 bits per heavy atom. The summed E-state index contributed by atoms with van der Waals surface area (Å²) in [5.74, 6) is -1.59. The number of ether oxygens (including phenoxy) is 2. The maximum absolute atomic E-state index is 13.1. The van der Waals surface area contributed by atoms with Crippen molar-refractivity contribution in [3.05, 3.63) is 22.2 Å². The predicted molar refractivity (Wildman–Crippen MR) is 40.2 cm³/mol. The zero-order chi connectivity index (χ0) is 8.72. The first-order valence-corrected chi connectivity index (χ1v) is 3.92. The minimum absolute atomic E-state index is 0.0317. The Morgan fingerprint density at radius 3 is 2.67 bits per heavy atom. The Balaban J connectivity index is 2.69. The fraction of sp³-hybridized carbons (Fsp3) is 0.143. The van der Waals surface area contributed by atoms with E-state index in [1.165, 1.54) is 0 Å². The molecule has 2 nitrogen and oxygen atoms in total. The molecule has 1 aromatic carbocycles. The number of benzene rings is 1. The van der Waals surface area contributed by atoms with Crippen LogP contribution >= 0.6 is 15.9 Å². The van der Waals surface area contributed by atoms with E-state index >= 15 is 0 Å². The van der Waals surface area contributed by atoms with Crippen molar-refractivity contribution < 1.29 is 18.3 Å². The van der Waals surface area contributed by atoms with Gasteiger partial charge < -0.3 is 9.47 Å². The van der Waals surface area contributed by atoms with Gasteiger partial charge in [0.1, 0.15) is 0 Å². The van der Waals surface area contributed by atoms with Crippen molar-refractivity contribution in [1.82, 2.24) is 0 Å². The van der Waals surface area contributed by atoms with Crippen molar-refractivity contribution in [2.24, 2.45) is 0 Å². The topological polar surface area (TPSA) is 18.5 Å². The largest absolute Gasteiger partial charge is 0.450 e. The fourth-order valence-electron chi connectivity index (χ4n) is 0.967. The van der Waals surface area contributed by atoms with Crippen LogP contribution in [0, 0.1) is 11.6 Å². The lowest BCUT2D eigenvalue weighted by atomic mass is 10.3. The van der Waals surface area contributed by atoms with Crippen molar-refractivity contribution in [2.45, 2.75) is 0 Å². The van der Waals surface area contributed by atoms with E-state index in [2.05, 4.69) is 15.9 Å². The fourth-order valence-corrected chi connectivity index (χ4v) is 1.35. The molecule has 0 radical (unpaired) electrons. The van der Waals surface area contributed by atoms with Crippen LogP contribution in [0.3, 0.4) is 0 Å². The van der Waals surface area contributed by atoms with Crippen LogP contribution in [-0.4, -0.2) is 6.79 Å². The molecule has 1 aliphatic rings. The van der Waals surface area contributed by atoms with Crippen LogP contribution in [-0.2, 0) is 0 Å². The molecule has 0 aromatic heterocycles. The molecule has 0 spiro atoms. The van der Waals surface area contributed by atoms with Crippen molar-refractivity contribution in [3.63, 3.8) is 0 Å². The summed E-state index contributed by atoms with van der Waals surface area (Å²) in [6.45, 7) is -0.139. The van der Waals surface area contributed by atoms with Crippen LogP contribution in [0.1, 0.15) is 0 Å². The van der Waals surface area contributed by atoms with Crippen LogP contribution in [0.15, 0.2) is 10.5 Å². The summed E-state index contributed by atoms with van der Waals surface area (Å²) in [4.78, 5) is 0. The van der Waals surface area contributed by atoms with Crippen LogP contribution in [0.2, 0.25) is 0 Å². The average molecular weight is 237 g/mol. The highest BCUT2D eigenvalue weighted by Gasteiger charge is 2.24. The average Bonchev–Trinajstić information content (AvgIpc) is 2.48. The van der Waals surface area contributed by atoms with Gasteiger partial charge in [-0.2, -0.15) is 0 Å². The third-order valence-corrected chi connectivity index (χ3v) is 2.07. The van der Waals surface area contributed by atoms with Gasteiger partial charge in [-0.15, -0.1) is 0 Å². The first-order chi connectivity index (χ1) is 5.70. The van der Waals surface area contributed by atoms with Gasteiger partial charge in [0.25, 0.3) is 0 Å². The molecule has 5 heteroatoms. The molecule has 64 valence electrons.